The van der Waals surface area contributed by atoms with Crippen LogP contribution in [-0.2, 0) is 10.1 Å². The average molecular weight is 380 g/mol. The van der Waals surface area contributed by atoms with Crippen LogP contribution in [0, 0.1) is 0 Å². The topological polar surface area (TPSA) is 100 Å². The van der Waals surface area contributed by atoms with E-state index in [9.17, 15) is 9.32 Å². The van der Waals surface area contributed by atoms with Crippen LogP contribution in [0.15, 0.2) is 36.8 Å². The number of nitrogens with one attached hydrogen (secondary N) is 2. The van der Waals surface area contributed by atoms with E-state index in [0.29, 0.717) is 38.9 Å². The Balaban J connectivity index is 2.05. The van der Waals surface area contributed by atoms with Crippen LogP contribution in [0.5, 0.6) is 5.88 Å². The summed E-state index contributed by atoms with van der Waals surface area (Å²) in [5, 5.41) is 13.8. The molecule has 0 fully saturated rings. The molecule has 0 aliphatic carbocycles. The molecule has 0 amide bonds. The number of hydrogen-bond acceptors (Lipinski definition) is 6. The fourth-order valence-corrected chi connectivity index (χ4v) is 3.41. The molecule has 25 heavy (non-hydrogen) atoms. The molecule has 0 saturated heterocycles. The van der Waals surface area contributed by atoms with E-state index in [2.05, 4.69) is 25.0 Å². The molecule has 0 aliphatic heterocycles. The number of nitrogens with zero attached hydrogens (tertiary/aromatic N) is 3. The molecule has 2 heterocycles. The predicted molar refractivity (Wildman–Crippen MR) is 103 cm³/mol. The summed E-state index contributed by atoms with van der Waals surface area (Å²) in [5.74, 6) is 0.832. The molecule has 3 rings (SSSR count). The molecule has 7 nitrogen and oxygen atoms in total. The van der Waals surface area contributed by atoms with Crippen LogP contribution >= 0.6 is 11.6 Å². The van der Waals surface area contributed by atoms with Crippen molar-refractivity contribution in [2.75, 3.05) is 22.0 Å². The second-order valence-electron chi connectivity index (χ2n) is 5.60. The van der Waals surface area contributed by atoms with E-state index in [4.69, 9.17) is 11.6 Å². The number of rotatable bonds is 5. The van der Waals surface area contributed by atoms with Crippen molar-refractivity contribution in [2.45, 2.75) is 6.92 Å². The molecule has 1 aromatic carbocycles. The number of halogens is 1. The predicted octanol–water partition coefficient (Wildman–Crippen LogP) is 3.12. The number of aromatic hydroxyl groups is 1. The Morgan fingerprint density at radius 3 is 2.80 bits per heavy atom. The summed E-state index contributed by atoms with van der Waals surface area (Å²) in [4.78, 5) is 12.3. The average Bonchev–Trinajstić information content (AvgIpc) is 2.56. The van der Waals surface area contributed by atoms with Gasteiger partial charge in [0.2, 0.25) is 5.88 Å². The normalized spacial score (nSPS) is 12.1. The first-order valence-corrected chi connectivity index (χ1v) is 10.3. The minimum Gasteiger partial charge on any atom is -0.492 e. The molecule has 3 aromatic rings. The highest BCUT2D eigenvalue weighted by Gasteiger charge is 2.13. The van der Waals surface area contributed by atoms with E-state index in [1.807, 2.05) is 6.92 Å². The van der Waals surface area contributed by atoms with Crippen molar-refractivity contribution in [3.05, 3.63) is 41.8 Å². The van der Waals surface area contributed by atoms with Gasteiger partial charge in [-0.3, -0.25) is 4.21 Å². The second kappa shape index (κ2) is 6.81. The van der Waals surface area contributed by atoms with Crippen LogP contribution in [0.1, 0.15) is 6.92 Å². The molecule has 9 heteroatoms. The van der Waals surface area contributed by atoms with Crippen molar-refractivity contribution in [2.24, 2.45) is 0 Å². The highest BCUT2D eigenvalue weighted by atomic mass is 35.5. The van der Waals surface area contributed by atoms with Crippen LogP contribution in [0.4, 0.5) is 17.2 Å². The van der Waals surface area contributed by atoms with Gasteiger partial charge < -0.3 is 15.1 Å². The molecule has 3 N–H and O–H groups in total. The number of fused-ring (bicyclic) bond motifs is 1. The van der Waals surface area contributed by atoms with E-state index in [0.717, 1.165) is 0 Å². The maximum absolute atomic E-state index is 12.3. The van der Waals surface area contributed by atoms with Crippen LogP contribution in [0.25, 0.3) is 10.9 Å². The Bertz CT molecular complexity index is 982. The third-order valence-electron chi connectivity index (χ3n) is 3.70. The number of hydrogen-bond donors (Lipinski definition) is 4. The summed E-state index contributed by atoms with van der Waals surface area (Å²) in [7, 11) is -2.48. The first-order valence-electron chi connectivity index (χ1n) is 7.59. The van der Waals surface area contributed by atoms with Gasteiger partial charge in [0.05, 0.1) is 15.9 Å². The third-order valence-corrected chi connectivity index (χ3v) is 5.93. The van der Waals surface area contributed by atoms with Gasteiger partial charge in [-0.2, -0.15) is 0 Å². The smallest absolute Gasteiger partial charge is 0.235 e. The van der Waals surface area contributed by atoms with Gasteiger partial charge in [-0.05, 0) is 34.4 Å². The van der Waals surface area contributed by atoms with E-state index < -0.39 is 10.1 Å². The minimum absolute atomic E-state index is 0.140. The van der Waals surface area contributed by atoms with E-state index in [-0.39, 0.29) is 5.88 Å². The van der Waals surface area contributed by atoms with Crippen molar-refractivity contribution in [3.63, 3.8) is 0 Å². The Labute approximate surface area is 151 Å². The zero-order chi connectivity index (χ0) is 18.0. The molecule has 0 saturated carbocycles. The van der Waals surface area contributed by atoms with Gasteiger partial charge in [0, 0.05) is 23.9 Å². The number of anilines is 3. The van der Waals surface area contributed by atoms with Crippen molar-refractivity contribution in [1.82, 2.24) is 15.0 Å². The van der Waals surface area contributed by atoms with Gasteiger partial charge in [-0.15, -0.1) is 0 Å². The minimum atomic E-state index is -2.48. The highest BCUT2D eigenvalue weighted by molar-refractivity contribution is 8.03. The molecule has 0 atom stereocenters. The van der Waals surface area contributed by atoms with E-state index >= 15 is 0 Å². The number of thiol groups is 1. The standard InChI is InChI=1S/C16H18ClN5O2S/c1-3-25(2,24)22-10-7-11(17)14-13(8-10)19-9-20-15(14)21-12-5-4-6-18-16(12)23/h4-9,25H,3H2,1-2H3,(H,18,23)(H,22,24)(H,19,20,21). The van der Waals surface area contributed by atoms with Crippen molar-refractivity contribution >= 4 is 49.8 Å². The van der Waals surface area contributed by atoms with Gasteiger partial charge in [-0.1, -0.05) is 18.5 Å². The zero-order valence-electron chi connectivity index (χ0n) is 13.7. The second-order valence-corrected chi connectivity index (χ2v) is 9.07. The lowest BCUT2D eigenvalue weighted by Crippen LogP contribution is -2.22. The van der Waals surface area contributed by atoms with Crippen molar-refractivity contribution in [3.8, 4) is 5.88 Å². The Morgan fingerprint density at radius 1 is 1.28 bits per heavy atom. The van der Waals surface area contributed by atoms with Crippen molar-refractivity contribution < 1.29 is 9.32 Å². The summed E-state index contributed by atoms with van der Waals surface area (Å²) in [6.07, 6.45) is 4.56. The van der Waals surface area contributed by atoms with Gasteiger partial charge in [0.25, 0.3) is 0 Å². The zero-order valence-corrected chi connectivity index (χ0v) is 15.3. The van der Waals surface area contributed by atoms with Crippen LogP contribution < -0.4 is 10.0 Å². The van der Waals surface area contributed by atoms with Crippen LogP contribution in [0.2, 0.25) is 5.02 Å². The molecule has 0 aliphatic rings. The van der Waals surface area contributed by atoms with Gasteiger partial charge >= 0.3 is 0 Å². The SMILES string of the molecule is CC[SH](C)(=O)Nc1cc(Cl)c2c(Nc3cccnc3O)ncnc2c1. The maximum Gasteiger partial charge on any atom is 0.235 e. The van der Waals surface area contributed by atoms with Gasteiger partial charge in [0.1, 0.15) is 17.8 Å². The lowest BCUT2D eigenvalue weighted by atomic mass is 10.2. The molecular weight excluding hydrogens is 362 g/mol. The van der Waals surface area contributed by atoms with Gasteiger partial charge in [0.15, 0.2) is 0 Å². The lowest BCUT2D eigenvalue weighted by Gasteiger charge is -2.20. The van der Waals surface area contributed by atoms with Crippen molar-refractivity contribution in [1.29, 1.82) is 0 Å². The molecule has 0 unspecified atom stereocenters. The Hall–Kier alpha value is -2.45. The van der Waals surface area contributed by atoms with E-state index in [1.165, 1.54) is 12.5 Å². The molecule has 0 radical (unpaired) electrons. The monoisotopic (exact) mass is 379 g/mol. The summed E-state index contributed by atoms with van der Waals surface area (Å²) >= 11 is 6.42. The fraction of sp³-hybridized carbons (Fsp3) is 0.188. The fourth-order valence-electron chi connectivity index (χ4n) is 2.28. The highest BCUT2D eigenvalue weighted by Crippen LogP contribution is 2.34. The molecule has 2 aromatic heterocycles. The summed E-state index contributed by atoms with van der Waals surface area (Å²) in [5.41, 5.74) is 1.64. The quantitative estimate of drug-likeness (QED) is 0.508. The molecular formula is C16H18ClN5O2S. The molecule has 0 spiro atoms. The molecule has 132 valence electrons. The number of pyridine rings is 1. The van der Waals surface area contributed by atoms with Gasteiger partial charge in [-0.25, -0.2) is 15.0 Å². The van der Waals surface area contributed by atoms with Crippen LogP contribution in [0.3, 0.4) is 0 Å². The first-order chi connectivity index (χ1) is 11.9. The largest absolute Gasteiger partial charge is 0.492 e. The lowest BCUT2D eigenvalue weighted by molar-refractivity contribution is 0.456. The van der Waals surface area contributed by atoms with E-state index in [1.54, 1.807) is 30.5 Å². The molecule has 0 bridgehead atoms. The third kappa shape index (κ3) is 3.80. The number of benzene rings is 1. The summed E-state index contributed by atoms with van der Waals surface area (Å²) in [6, 6.07) is 6.82. The number of aromatic nitrogens is 3. The first kappa shape index (κ1) is 17.4. The maximum atomic E-state index is 12.3. The summed E-state index contributed by atoms with van der Waals surface area (Å²) < 4.78 is 15.3. The van der Waals surface area contributed by atoms with Crippen LogP contribution in [-0.4, -0.2) is 36.3 Å². The Morgan fingerprint density at radius 2 is 2.08 bits per heavy atom. The summed E-state index contributed by atoms with van der Waals surface area (Å²) in [6.45, 7) is 1.86. The Kier molecular flexibility index (Phi) is 4.73.